The average Bonchev–Trinajstić information content (AvgIpc) is 2.73. The third-order valence-electron chi connectivity index (χ3n) is 5.06. The van der Waals surface area contributed by atoms with E-state index in [0.29, 0.717) is 12.5 Å². The number of halogens is 3. The molecule has 1 aliphatic rings. The van der Waals surface area contributed by atoms with Crippen molar-refractivity contribution in [3.8, 4) is 5.75 Å². The number of hydrogen-bond donors (Lipinski definition) is 2. The molecule has 9 heteroatoms. The smallest absolute Gasteiger partial charge is 0.387 e. The summed E-state index contributed by atoms with van der Waals surface area (Å²) in [5.41, 5.74) is 0.989. The minimum absolute atomic E-state index is 0.000319. The Morgan fingerprint density at radius 2 is 1.97 bits per heavy atom. The number of hydrogen-bond acceptors (Lipinski definition) is 4. The molecule has 0 spiro atoms. The molecule has 0 amide bonds. The lowest BCUT2D eigenvalue weighted by Crippen LogP contribution is -2.49. The summed E-state index contributed by atoms with van der Waals surface area (Å²) >= 11 is 0. The Kier molecular flexibility index (Phi) is 7.97. The number of nitrogens with zero attached hydrogens (tertiary/aromatic N) is 3. The number of rotatable bonds is 7. The molecule has 0 unspecified atom stereocenters. The van der Waals surface area contributed by atoms with E-state index in [-0.39, 0.29) is 23.9 Å². The molecule has 0 atom stereocenters. The lowest BCUT2D eigenvalue weighted by molar-refractivity contribution is -0.0506. The van der Waals surface area contributed by atoms with Gasteiger partial charge in [-0.2, -0.15) is 8.78 Å². The lowest BCUT2D eigenvalue weighted by Gasteiger charge is -2.34. The predicted octanol–water partition coefficient (Wildman–Crippen LogP) is 3.85. The van der Waals surface area contributed by atoms with Crippen LogP contribution in [0, 0.1) is 12.7 Å². The number of aryl methyl sites for hydroxylation is 1. The van der Waals surface area contributed by atoms with Gasteiger partial charge in [-0.25, -0.2) is 14.4 Å². The van der Waals surface area contributed by atoms with Crippen molar-refractivity contribution in [1.29, 1.82) is 0 Å². The van der Waals surface area contributed by atoms with E-state index in [4.69, 9.17) is 0 Å². The maximum Gasteiger partial charge on any atom is 0.387 e. The Bertz CT molecular complexity index is 885. The molecule has 0 aliphatic carbocycles. The van der Waals surface area contributed by atoms with E-state index in [0.717, 1.165) is 37.4 Å². The number of anilines is 1. The number of piperidine rings is 1. The van der Waals surface area contributed by atoms with Crippen molar-refractivity contribution in [2.45, 2.75) is 45.9 Å². The number of aliphatic imine (C=N–C) groups is 1. The zero-order chi connectivity index (χ0) is 22.2. The zero-order valence-corrected chi connectivity index (χ0v) is 17.7. The van der Waals surface area contributed by atoms with Gasteiger partial charge in [0.15, 0.2) is 5.96 Å². The van der Waals surface area contributed by atoms with Crippen LogP contribution in [0.25, 0.3) is 0 Å². The first-order chi connectivity index (χ1) is 15.0. The topological polar surface area (TPSA) is 61.8 Å². The maximum absolute atomic E-state index is 14.2. The van der Waals surface area contributed by atoms with E-state index in [1.807, 2.05) is 32.0 Å². The SMILES string of the molecule is CCNC(=NCc1c(F)cccc1OC(F)F)NC1CCN(c2cccc(C)n2)CC1. The second kappa shape index (κ2) is 10.9. The first kappa shape index (κ1) is 22.7. The van der Waals surface area contributed by atoms with Crippen LogP contribution in [0.5, 0.6) is 5.75 Å². The number of nitrogens with one attached hydrogen (secondary N) is 2. The van der Waals surface area contributed by atoms with Crippen LogP contribution < -0.4 is 20.3 Å². The molecule has 0 saturated carbocycles. The highest BCUT2D eigenvalue weighted by Crippen LogP contribution is 2.24. The standard InChI is InChI=1S/C22H28F3N5O/c1-3-26-22(27-14-17-18(23)7-5-8-19(17)31-21(24)25)29-16-10-12-30(13-11-16)20-9-4-6-15(2)28-20/h4-9,16,21H,3,10-14H2,1-2H3,(H2,26,27,29). The van der Waals surface area contributed by atoms with Gasteiger partial charge in [-0.3, -0.25) is 0 Å². The molecule has 1 saturated heterocycles. The quantitative estimate of drug-likeness (QED) is 0.511. The Labute approximate surface area is 180 Å². The van der Waals surface area contributed by atoms with Gasteiger partial charge in [0.25, 0.3) is 0 Å². The van der Waals surface area contributed by atoms with E-state index < -0.39 is 12.4 Å². The summed E-state index contributed by atoms with van der Waals surface area (Å²) in [5, 5.41) is 6.50. The van der Waals surface area contributed by atoms with Gasteiger partial charge >= 0.3 is 6.61 Å². The first-order valence-corrected chi connectivity index (χ1v) is 10.4. The van der Waals surface area contributed by atoms with Crippen LogP contribution in [-0.4, -0.2) is 43.2 Å². The van der Waals surface area contributed by atoms with Crippen LogP contribution in [0.3, 0.4) is 0 Å². The third kappa shape index (κ3) is 6.50. The molecule has 168 valence electrons. The fourth-order valence-electron chi connectivity index (χ4n) is 3.53. The normalized spacial score (nSPS) is 15.3. The van der Waals surface area contributed by atoms with Gasteiger partial charge in [-0.15, -0.1) is 0 Å². The molecular formula is C22H28F3N5O. The fraction of sp³-hybridized carbons (Fsp3) is 0.455. The van der Waals surface area contributed by atoms with Crippen LogP contribution in [-0.2, 0) is 6.54 Å². The Morgan fingerprint density at radius 3 is 2.65 bits per heavy atom. The molecule has 1 fully saturated rings. The summed E-state index contributed by atoms with van der Waals surface area (Å²) in [5.74, 6) is 0.663. The first-order valence-electron chi connectivity index (χ1n) is 10.4. The van der Waals surface area contributed by atoms with Gasteiger partial charge in [0.1, 0.15) is 17.4 Å². The van der Waals surface area contributed by atoms with Gasteiger partial charge in [-0.05, 0) is 51.0 Å². The number of benzene rings is 1. The van der Waals surface area contributed by atoms with Crippen molar-refractivity contribution in [3.63, 3.8) is 0 Å². The second-order valence-corrected chi connectivity index (χ2v) is 7.33. The summed E-state index contributed by atoms with van der Waals surface area (Å²) < 4.78 is 43.9. The minimum atomic E-state index is -3.02. The van der Waals surface area contributed by atoms with Crippen LogP contribution in [0.1, 0.15) is 31.0 Å². The second-order valence-electron chi connectivity index (χ2n) is 7.33. The molecule has 0 radical (unpaired) electrons. The highest BCUT2D eigenvalue weighted by Gasteiger charge is 2.21. The molecule has 1 aromatic carbocycles. The third-order valence-corrected chi connectivity index (χ3v) is 5.06. The Morgan fingerprint density at radius 1 is 1.23 bits per heavy atom. The van der Waals surface area contributed by atoms with Gasteiger partial charge in [0, 0.05) is 31.4 Å². The molecular weight excluding hydrogens is 407 g/mol. The minimum Gasteiger partial charge on any atom is -0.434 e. The Balaban J connectivity index is 1.62. The van der Waals surface area contributed by atoms with Crippen molar-refractivity contribution < 1.29 is 17.9 Å². The molecule has 1 aliphatic heterocycles. The molecule has 31 heavy (non-hydrogen) atoms. The van der Waals surface area contributed by atoms with E-state index in [9.17, 15) is 13.2 Å². The lowest BCUT2D eigenvalue weighted by atomic mass is 10.1. The molecule has 2 N–H and O–H groups in total. The number of ether oxygens (including phenoxy) is 1. The van der Waals surface area contributed by atoms with Gasteiger partial charge in [0.05, 0.1) is 12.1 Å². The predicted molar refractivity (Wildman–Crippen MR) is 115 cm³/mol. The van der Waals surface area contributed by atoms with Crippen LogP contribution in [0.15, 0.2) is 41.4 Å². The average molecular weight is 435 g/mol. The number of aromatic nitrogens is 1. The number of pyridine rings is 1. The van der Waals surface area contributed by atoms with Crippen molar-refractivity contribution in [3.05, 3.63) is 53.5 Å². The summed E-state index contributed by atoms with van der Waals surface area (Å²) in [4.78, 5) is 11.2. The molecule has 1 aromatic heterocycles. The van der Waals surface area contributed by atoms with E-state index in [1.54, 1.807) is 0 Å². The van der Waals surface area contributed by atoms with Crippen LogP contribution in [0.2, 0.25) is 0 Å². The number of alkyl halides is 2. The number of guanidine groups is 1. The van der Waals surface area contributed by atoms with Gasteiger partial charge in [-0.1, -0.05) is 12.1 Å². The molecule has 0 bridgehead atoms. The van der Waals surface area contributed by atoms with Crippen molar-refractivity contribution in [2.24, 2.45) is 4.99 Å². The largest absolute Gasteiger partial charge is 0.434 e. The fourth-order valence-corrected chi connectivity index (χ4v) is 3.53. The summed E-state index contributed by atoms with van der Waals surface area (Å²) in [6.45, 7) is 3.09. The van der Waals surface area contributed by atoms with Crippen LogP contribution in [0.4, 0.5) is 19.0 Å². The van der Waals surface area contributed by atoms with E-state index in [1.165, 1.54) is 18.2 Å². The van der Waals surface area contributed by atoms with E-state index in [2.05, 4.69) is 30.2 Å². The van der Waals surface area contributed by atoms with Gasteiger partial charge < -0.3 is 20.3 Å². The van der Waals surface area contributed by atoms with E-state index >= 15 is 0 Å². The summed E-state index contributed by atoms with van der Waals surface area (Å²) in [6, 6.07) is 10.0. The molecule has 3 rings (SSSR count). The Hall–Kier alpha value is -2.97. The van der Waals surface area contributed by atoms with Crippen molar-refractivity contribution in [2.75, 3.05) is 24.5 Å². The van der Waals surface area contributed by atoms with Crippen molar-refractivity contribution >= 4 is 11.8 Å². The summed E-state index contributed by atoms with van der Waals surface area (Å²) in [7, 11) is 0. The zero-order valence-electron chi connectivity index (χ0n) is 17.7. The monoisotopic (exact) mass is 435 g/mol. The maximum atomic E-state index is 14.2. The highest BCUT2D eigenvalue weighted by molar-refractivity contribution is 5.80. The molecule has 6 nitrogen and oxygen atoms in total. The van der Waals surface area contributed by atoms with Gasteiger partial charge in [0.2, 0.25) is 0 Å². The summed E-state index contributed by atoms with van der Waals surface area (Å²) in [6.07, 6.45) is 1.78. The molecule has 2 heterocycles. The molecule has 2 aromatic rings. The highest BCUT2D eigenvalue weighted by atomic mass is 19.3. The van der Waals surface area contributed by atoms with Crippen LogP contribution >= 0.6 is 0 Å². The van der Waals surface area contributed by atoms with Crippen molar-refractivity contribution in [1.82, 2.24) is 15.6 Å².